The number of rotatable bonds is 3. The van der Waals surface area contributed by atoms with Crippen molar-refractivity contribution in [1.82, 2.24) is 5.32 Å². The van der Waals surface area contributed by atoms with Gasteiger partial charge in [0, 0.05) is 17.5 Å². The molecule has 0 aromatic carbocycles. The predicted molar refractivity (Wildman–Crippen MR) is 57.1 cm³/mol. The van der Waals surface area contributed by atoms with E-state index in [4.69, 9.17) is 0 Å². The summed E-state index contributed by atoms with van der Waals surface area (Å²) in [5.74, 6) is 0. The topological polar surface area (TPSA) is 52.5 Å². The molecule has 0 aliphatic heterocycles. The summed E-state index contributed by atoms with van der Waals surface area (Å²) in [6.45, 7) is 9.67. The number of aliphatic hydroxyl groups excluding tert-OH is 1. The predicted octanol–water partition coefficient (Wildman–Crippen LogP) is 0.895. The minimum atomic E-state index is -0.712. The van der Waals surface area contributed by atoms with Crippen LogP contribution in [0.3, 0.4) is 0 Å². The molecule has 84 valence electrons. The second-order valence-corrected chi connectivity index (χ2v) is 5.67. The van der Waals surface area contributed by atoms with Crippen molar-refractivity contribution in [2.45, 2.75) is 64.8 Å². The third-order valence-electron chi connectivity index (χ3n) is 3.73. The summed E-state index contributed by atoms with van der Waals surface area (Å²) in [6, 6.07) is 0.346. The van der Waals surface area contributed by atoms with Crippen LogP contribution in [-0.4, -0.2) is 34.0 Å². The molecule has 1 fully saturated rings. The quantitative estimate of drug-likeness (QED) is 0.636. The molecule has 3 heteroatoms. The highest BCUT2D eigenvalue weighted by Crippen LogP contribution is 2.40. The summed E-state index contributed by atoms with van der Waals surface area (Å²) in [7, 11) is 0. The van der Waals surface area contributed by atoms with Crippen molar-refractivity contribution >= 4 is 0 Å². The molecule has 14 heavy (non-hydrogen) atoms. The molecule has 1 rings (SSSR count). The number of hydrogen-bond acceptors (Lipinski definition) is 3. The molecule has 3 nitrogen and oxygen atoms in total. The van der Waals surface area contributed by atoms with Crippen LogP contribution in [0.25, 0.3) is 0 Å². The average Bonchev–Trinajstić information content (AvgIpc) is 2.02. The standard InChI is InChI=1S/C11H23NO2/c1-7(11(4,5)14)12-8-6-9(13)10(8,2)3/h7-9,12-14H,6H2,1-5H3. The maximum Gasteiger partial charge on any atom is 0.0741 e. The Morgan fingerprint density at radius 3 is 2.21 bits per heavy atom. The van der Waals surface area contributed by atoms with Crippen LogP contribution in [0, 0.1) is 5.41 Å². The van der Waals surface area contributed by atoms with Gasteiger partial charge in [-0.05, 0) is 27.2 Å². The lowest BCUT2D eigenvalue weighted by Crippen LogP contribution is -2.64. The highest BCUT2D eigenvalue weighted by atomic mass is 16.3. The Labute approximate surface area is 86.5 Å². The van der Waals surface area contributed by atoms with Crippen LogP contribution >= 0.6 is 0 Å². The smallest absolute Gasteiger partial charge is 0.0741 e. The molecule has 1 aliphatic carbocycles. The second kappa shape index (κ2) is 3.47. The Balaban J connectivity index is 2.48. The van der Waals surface area contributed by atoms with Gasteiger partial charge in [0.15, 0.2) is 0 Å². The van der Waals surface area contributed by atoms with Crippen LogP contribution in [0.4, 0.5) is 0 Å². The number of nitrogens with one attached hydrogen (secondary N) is 1. The van der Waals surface area contributed by atoms with Crippen LogP contribution in [0.5, 0.6) is 0 Å². The van der Waals surface area contributed by atoms with Crippen LogP contribution in [-0.2, 0) is 0 Å². The van der Waals surface area contributed by atoms with E-state index in [0.29, 0.717) is 6.04 Å². The molecule has 3 atom stereocenters. The van der Waals surface area contributed by atoms with Crippen molar-refractivity contribution in [2.24, 2.45) is 5.41 Å². The van der Waals surface area contributed by atoms with Gasteiger partial charge >= 0.3 is 0 Å². The van der Waals surface area contributed by atoms with Crippen molar-refractivity contribution in [1.29, 1.82) is 0 Å². The van der Waals surface area contributed by atoms with Gasteiger partial charge in [-0.15, -0.1) is 0 Å². The lowest BCUT2D eigenvalue weighted by Gasteiger charge is -2.51. The molecule has 1 aliphatic rings. The molecule has 0 bridgehead atoms. The fraction of sp³-hybridized carbons (Fsp3) is 1.00. The Hall–Kier alpha value is -0.120. The lowest BCUT2D eigenvalue weighted by atomic mass is 9.64. The van der Waals surface area contributed by atoms with E-state index in [2.05, 4.69) is 19.2 Å². The summed E-state index contributed by atoms with van der Waals surface area (Å²) in [5, 5.41) is 22.7. The van der Waals surface area contributed by atoms with E-state index in [1.54, 1.807) is 13.8 Å². The minimum absolute atomic E-state index is 0.0410. The van der Waals surface area contributed by atoms with Gasteiger partial charge in [0.05, 0.1) is 11.7 Å². The summed E-state index contributed by atoms with van der Waals surface area (Å²) in [6.07, 6.45) is 0.571. The molecular formula is C11H23NO2. The van der Waals surface area contributed by atoms with E-state index in [-0.39, 0.29) is 17.6 Å². The van der Waals surface area contributed by atoms with E-state index in [1.807, 2.05) is 6.92 Å². The molecule has 0 spiro atoms. The minimum Gasteiger partial charge on any atom is -0.392 e. The van der Waals surface area contributed by atoms with E-state index in [9.17, 15) is 10.2 Å². The average molecular weight is 201 g/mol. The molecule has 3 N–H and O–H groups in total. The van der Waals surface area contributed by atoms with Gasteiger partial charge in [0.1, 0.15) is 0 Å². The fourth-order valence-corrected chi connectivity index (χ4v) is 1.69. The lowest BCUT2D eigenvalue weighted by molar-refractivity contribution is -0.0855. The van der Waals surface area contributed by atoms with Crippen molar-refractivity contribution in [3.63, 3.8) is 0 Å². The fourth-order valence-electron chi connectivity index (χ4n) is 1.69. The monoisotopic (exact) mass is 201 g/mol. The van der Waals surface area contributed by atoms with Gasteiger partial charge < -0.3 is 15.5 Å². The molecule has 0 heterocycles. The Kier molecular flexibility index (Phi) is 2.96. The molecule has 0 saturated heterocycles. The summed E-state index contributed by atoms with van der Waals surface area (Å²) in [5.41, 5.74) is -0.782. The van der Waals surface area contributed by atoms with Crippen molar-refractivity contribution in [2.75, 3.05) is 0 Å². The van der Waals surface area contributed by atoms with Crippen LogP contribution in [0.15, 0.2) is 0 Å². The van der Waals surface area contributed by atoms with Gasteiger partial charge in [0.2, 0.25) is 0 Å². The first-order valence-electron chi connectivity index (χ1n) is 5.32. The molecule has 1 saturated carbocycles. The summed E-state index contributed by atoms with van der Waals surface area (Å²) >= 11 is 0. The van der Waals surface area contributed by atoms with Gasteiger partial charge in [-0.25, -0.2) is 0 Å². The summed E-state index contributed by atoms with van der Waals surface area (Å²) in [4.78, 5) is 0. The Morgan fingerprint density at radius 2 is 1.93 bits per heavy atom. The van der Waals surface area contributed by atoms with Crippen molar-refractivity contribution in [3.05, 3.63) is 0 Å². The van der Waals surface area contributed by atoms with Crippen LogP contribution in [0.2, 0.25) is 0 Å². The zero-order valence-electron chi connectivity index (χ0n) is 9.83. The first-order chi connectivity index (χ1) is 6.15. The maximum absolute atomic E-state index is 9.77. The van der Waals surface area contributed by atoms with E-state index < -0.39 is 5.60 Å². The third-order valence-corrected chi connectivity index (χ3v) is 3.73. The normalized spacial score (nSPS) is 33.6. The maximum atomic E-state index is 9.77. The highest BCUT2D eigenvalue weighted by Gasteiger charge is 2.48. The SMILES string of the molecule is CC(NC1CC(O)C1(C)C)C(C)(C)O. The molecule has 0 aromatic heterocycles. The third kappa shape index (κ3) is 2.10. The van der Waals surface area contributed by atoms with Crippen molar-refractivity contribution < 1.29 is 10.2 Å². The zero-order valence-corrected chi connectivity index (χ0v) is 9.83. The number of aliphatic hydroxyl groups is 2. The Morgan fingerprint density at radius 1 is 1.43 bits per heavy atom. The van der Waals surface area contributed by atoms with Gasteiger partial charge in [-0.3, -0.25) is 0 Å². The second-order valence-electron chi connectivity index (χ2n) is 5.67. The first-order valence-corrected chi connectivity index (χ1v) is 5.32. The number of hydrogen-bond donors (Lipinski definition) is 3. The molecule has 0 amide bonds. The van der Waals surface area contributed by atoms with Gasteiger partial charge in [-0.2, -0.15) is 0 Å². The first kappa shape index (κ1) is 12.0. The van der Waals surface area contributed by atoms with Crippen LogP contribution < -0.4 is 5.32 Å². The Bertz CT molecular complexity index is 208. The van der Waals surface area contributed by atoms with E-state index in [1.165, 1.54) is 0 Å². The van der Waals surface area contributed by atoms with Crippen LogP contribution in [0.1, 0.15) is 41.0 Å². The molecule has 3 unspecified atom stereocenters. The summed E-state index contributed by atoms with van der Waals surface area (Å²) < 4.78 is 0. The molecule has 0 radical (unpaired) electrons. The van der Waals surface area contributed by atoms with E-state index in [0.717, 1.165) is 6.42 Å². The van der Waals surface area contributed by atoms with Gasteiger partial charge in [0.25, 0.3) is 0 Å². The van der Waals surface area contributed by atoms with Crippen molar-refractivity contribution in [3.8, 4) is 0 Å². The van der Waals surface area contributed by atoms with E-state index >= 15 is 0 Å². The largest absolute Gasteiger partial charge is 0.392 e. The zero-order chi connectivity index (χ0) is 11.1. The molecular weight excluding hydrogens is 178 g/mol. The highest BCUT2D eigenvalue weighted by molar-refractivity contribution is 5.03. The van der Waals surface area contributed by atoms with Gasteiger partial charge in [-0.1, -0.05) is 13.8 Å². The molecule has 0 aromatic rings.